The zero-order valence-corrected chi connectivity index (χ0v) is 9.44. The lowest BCUT2D eigenvalue weighted by Crippen LogP contribution is -2.08. The van der Waals surface area contributed by atoms with E-state index in [2.05, 4.69) is 17.1 Å². The molecule has 0 aromatic carbocycles. The predicted molar refractivity (Wildman–Crippen MR) is 57.3 cm³/mol. The largest absolute Gasteiger partial charge is 0.423 e. The van der Waals surface area contributed by atoms with E-state index in [0.29, 0.717) is 17.7 Å². The minimum atomic E-state index is -0.108. The van der Waals surface area contributed by atoms with Crippen LogP contribution in [0.15, 0.2) is 4.42 Å². The van der Waals surface area contributed by atoms with Gasteiger partial charge in [-0.3, -0.25) is 0 Å². The maximum Gasteiger partial charge on any atom is 0.233 e. The van der Waals surface area contributed by atoms with Crippen molar-refractivity contribution in [1.82, 2.24) is 10.2 Å². The molecule has 1 heterocycles. The molecule has 1 aliphatic rings. The van der Waals surface area contributed by atoms with Crippen LogP contribution in [0.25, 0.3) is 0 Å². The second kappa shape index (κ2) is 4.31. The van der Waals surface area contributed by atoms with Crippen molar-refractivity contribution in [2.75, 3.05) is 0 Å². The van der Waals surface area contributed by atoms with Crippen LogP contribution in [-0.4, -0.2) is 10.2 Å². The molecule has 84 valence electrons. The summed E-state index contributed by atoms with van der Waals surface area (Å²) in [7, 11) is 0. The highest BCUT2D eigenvalue weighted by Crippen LogP contribution is 2.38. The summed E-state index contributed by atoms with van der Waals surface area (Å²) >= 11 is 0. The zero-order chi connectivity index (χ0) is 10.8. The molecule has 4 heteroatoms. The first-order valence-corrected chi connectivity index (χ1v) is 5.81. The molecule has 0 aliphatic heterocycles. The van der Waals surface area contributed by atoms with E-state index in [1.807, 2.05) is 6.92 Å². The van der Waals surface area contributed by atoms with Crippen LogP contribution in [0.3, 0.4) is 0 Å². The van der Waals surface area contributed by atoms with Crippen LogP contribution in [0.1, 0.15) is 63.3 Å². The van der Waals surface area contributed by atoms with Crippen molar-refractivity contribution in [1.29, 1.82) is 0 Å². The van der Waals surface area contributed by atoms with Gasteiger partial charge < -0.3 is 10.2 Å². The predicted octanol–water partition coefficient (Wildman–Crippen LogP) is 2.38. The monoisotopic (exact) mass is 209 g/mol. The minimum Gasteiger partial charge on any atom is -0.423 e. The van der Waals surface area contributed by atoms with E-state index in [-0.39, 0.29) is 6.04 Å². The summed E-state index contributed by atoms with van der Waals surface area (Å²) in [6, 6.07) is -0.108. The van der Waals surface area contributed by atoms with Gasteiger partial charge in [-0.1, -0.05) is 20.3 Å². The highest BCUT2D eigenvalue weighted by molar-refractivity contribution is 4.98. The molecule has 1 aromatic rings. The molecule has 2 N–H and O–H groups in total. The summed E-state index contributed by atoms with van der Waals surface area (Å²) in [6.45, 7) is 4.27. The summed E-state index contributed by atoms with van der Waals surface area (Å²) in [5.74, 6) is 2.50. The van der Waals surface area contributed by atoms with Gasteiger partial charge >= 0.3 is 0 Å². The van der Waals surface area contributed by atoms with Gasteiger partial charge in [-0.25, -0.2) is 0 Å². The van der Waals surface area contributed by atoms with E-state index in [9.17, 15) is 0 Å². The number of nitrogens with zero attached hydrogens (tertiary/aromatic N) is 2. The van der Waals surface area contributed by atoms with Gasteiger partial charge in [-0.05, 0) is 25.2 Å². The highest BCUT2D eigenvalue weighted by atomic mass is 16.4. The third-order valence-electron chi connectivity index (χ3n) is 3.39. The van der Waals surface area contributed by atoms with E-state index in [1.54, 1.807) is 0 Å². The normalized spacial score (nSPS) is 28.2. The average molecular weight is 209 g/mol. The van der Waals surface area contributed by atoms with Crippen molar-refractivity contribution < 1.29 is 4.42 Å². The molecule has 1 saturated carbocycles. The number of rotatable bonds is 3. The fraction of sp³-hybridized carbons (Fsp3) is 0.818. The van der Waals surface area contributed by atoms with Gasteiger partial charge in [-0.15, -0.1) is 10.2 Å². The molecular weight excluding hydrogens is 190 g/mol. The van der Waals surface area contributed by atoms with Crippen molar-refractivity contribution in [2.45, 2.75) is 51.5 Å². The first-order chi connectivity index (χ1) is 7.22. The molecule has 0 bridgehead atoms. The number of nitrogens with two attached hydrogens (primary N) is 1. The van der Waals surface area contributed by atoms with Crippen molar-refractivity contribution in [2.24, 2.45) is 11.7 Å². The lowest BCUT2D eigenvalue weighted by molar-refractivity contribution is 0.363. The number of hydrogen-bond acceptors (Lipinski definition) is 4. The van der Waals surface area contributed by atoms with Crippen LogP contribution in [0.5, 0.6) is 0 Å². The standard InChI is InChI=1S/C11H19N3O/c1-3-9(12)11-14-13-10(15-11)8-6-4-5-7(8)2/h7-9H,3-6,12H2,1-2H3. The van der Waals surface area contributed by atoms with Gasteiger partial charge in [-0.2, -0.15) is 0 Å². The first-order valence-electron chi connectivity index (χ1n) is 5.81. The van der Waals surface area contributed by atoms with E-state index >= 15 is 0 Å². The van der Waals surface area contributed by atoms with Gasteiger partial charge in [0.1, 0.15) is 0 Å². The molecule has 0 radical (unpaired) electrons. The Morgan fingerprint density at radius 1 is 1.47 bits per heavy atom. The highest BCUT2D eigenvalue weighted by Gasteiger charge is 2.29. The number of aromatic nitrogens is 2. The molecule has 0 amide bonds. The Kier molecular flexibility index (Phi) is 3.05. The molecule has 4 nitrogen and oxygen atoms in total. The van der Waals surface area contributed by atoms with Gasteiger partial charge in [0.25, 0.3) is 0 Å². The van der Waals surface area contributed by atoms with Crippen molar-refractivity contribution in [3.05, 3.63) is 11.8 Å². The summed E-state index contributed by atoms with van der Waals surface area (Å²) in [5, 5.41) is 8.15. The Morgan fingerprint density at radius 2 is 2.27 bits per heavy atom. The van der Waals surface area contributed by atoms with Crippen LogP contribution in [0.4, 0.5) is 0 Å². The van der Waals surface area contributed by atoms with Gasteiger partial charge in [0.2, 0.25) is 11.8 Å². The summed E-state index contributed by atoms with van der Waals surface area (Å²) in [5.41, 5.74) is 5.84. The van der Waals surface area contributed by atoms with Crippen molar-refractivity contribution in [3.63, 3.8) is 0 Å². The zero-order valence-electron chi connectivity index (χ0n) is 9.44. The van der Waals surface area contributed by atoms with Crippen LogP contribution in [-0.2, 0) is 0 Å². The van der Waals surface area contributed by atoms with Crippen LogP contribution in [0, 0.1) is 5.92 Å². The maximum absolute atomic E-state index is 5.84. The van der Waals surface area contributed by atoms with Gasteiger partial charge in [0.05, 0.1) is 6.04 Å². The first kappa shape index (κ1) is 10.6. The molecule has 2 rings (SSSR count). The molecular formula is C11H19N3O. The Morgan fingerprint density at radius 3 is 2.87 bits per heavy atom. The lowest BCUT2D eigenvalue weighted by atomic mass is 9.98. The van der Waals surface area contributed by atoms with E-state index in [1.165, 1.54) is 19.3 Å². The molecule has 0 spiro atoms. The minimum absolute atomic E-state index is 0.108. The second-order valence-electron chi connectivity index (χ2n) is 4.51. The summed E-state index contributed by atoms with van der Waals surface area (Å²) in [4.78, 5) is 0. The lowest BCUT2D eigenvalue weighted by Gasteiger charge is -2.09. The Balaban J connectivity index is 2.12. The number of hydrogen-bond donors (Lipinski definition) is 1. The molecule has 1 aliphatic carbocycles. The molecule has 15 heavy (non-hydrogen) atoms. The summed E-state index contributed by atoms with van der Waals surface area (Å²) in [6.07, 6.45) is 4.54. The van der Waals surface area contributed by atoms with Crippen LogP contribution < -0.4 is 5.73 Å². The fourth-order valence-electron chi connectivity index (χ4n) is 2.23. The third kappa shape index (κ3) is 2.04. The molecule has 3 atom stereocenters. The Labute approximate surface area is 90.3 Å². The van der Waals surface area contributed by atoms with Gasteiger partial charge in [0.15, 0.2) is 0 Å². The maximum atomic E-state index is 5.84. The van der Waals surface area contributed by atoms with Crippen LogP contribution in [0.2, 0.25) is 0 Å². The van der Waals surface area contributed by atoms with E-state index in [0.717, 1.165) is 12.3 Å². The molecule has 0 saturated heterocycles. The van der Waals surface area contributed by atoms with E-state index < -0.39 is 0 Å². The SMILES string of the molecule is CCC(N)c1nnc(C2CCCC2C)o1. The molecule has 1 aromatic heterocycles. The summed E-state index contributed by atoms with van der Waals surface area (Å²) < 4.78 is 5.64. The molecule has 3 unspecified atom stereocenters. The van der Waals surface area contributed by atoms with Crippen LogP contribution >= 0.6 is 0 Å². The van der Waals surface area contributed by atoms with Gasteiger partial charge in [0, 0.05) is 5.92 Å². The Bertz CT molecular complexity index is 323. The third-order valence-corrected chi connectivity index (χ3v) is 3.39. The Hall–Kier alpha value is -0.900. The quantitative estimate of drug-likeness (QED) is 0.830. The van der Waals surface area contributed by atoms with Crippen molar-refractivity contribution >= 4 is 0 Å². The van der Waals surface area contributed by atoms with E-state index in [4.69, 9.17) is 10.2 Å². The fourth-order valence-corrected chi connectivity index (χ4v) is 2.23. The molecule has 1 fully saturated rings. The van der Waals surface area contributed by atoms with Crippen molar-refractivity contribution in [3.8, 4) is 0 Å². The average Bonchev–Trinajstić information content (AvgIpc) is 2.84. The second-order valence-corrected chi connectivity index (χ2v) is 4.51. The topological polar surface area (TPSA) is 64.9 Å². The smallest absolute Gasteiger partial charge is 0.233 e.